The Balaban J connectivity index is 1.52. The van der Waals surface area contributed by atoms with E-state index in [0.29, 0.717) is 21.5 Å². The number of rotatable bonds is 5. The maximum Gasteiger partial charge on any atom is 0.257 e. The fourth-order valence-corrected chi connectivity index (χ4v) is 4.27. The van der Waals surface area contributed by atoms with Gasteiger partial charge in [0.25, 0.3) is 5.91 Å². The van der Waals surface area contributed by atoms with E-state index in [1.165, 1.54) is 28.7 Å². The fourth-order valence-electron chi connectivity index (χ4n) is 2.56. The molecule has 2 heterocycles. The number of aryl methyl sites for hydroxylation is 1. The molecule has 0 bridgehead atoms. The zero-order valence-electron chi connectivity index (χ0n) is 14.8. The molecular formula is C20H15FN4OS2. The van der Waals surface area contributed by atoms with Crippen LogP contribution in [0.3, 0.4) is 0 Å². The standard InChI is InChI=1S/C20H15FN4OS2/c1-12-17(28-20(22-12)25-18(26)13-7-3-2-4-8-13)16-11-27-19(24-16)23-15-10-6-5-9-14(15)21/h2-11H,1H3,(H,23,24)(H,22,25,26). The first-order valence-electron chi connectivity index (χ1n) is 8.41. The van der Waals surface area contributed by atoms with Gasteiger partial charge in [0.05, 0.1) is 22.0 Å². The molecule has 0 aliphatic carbocycles. The van der Waals surface area contributed by atoms with Crippen molar-refractivity contribution in [3.05, 3.63) is 77.1 Å². The average molecular weight is 410 g/mol. The lowest BCUT2D eigenvalue weighted by Gasteiger charge is -2.02. The van der Waals surface area contributed by atoms with Crippen LogP contribution in [0.2, 0.25) is 0 Å². The number of aromatic nitrogens is 2. The normalized spacial score (nSPS) is 10.6. The minimum absolute atomic E-state index is 0.207. The number of hydrogen-bond donors (Lipinski definition) is 2. The number of anilines is 3. The SMILES string of the molecule is Cc1nc(NC(=O)c2ccccc2)sc1-c1csc(Nc2ccccc2F)n1. The monoisotopic (exact) mass is 410 g/mol. The van der Waals surface area contributed by atoms with Crippen molar-refractivity contribution in [1.29, 1.82) is 0 Å². The predicted octanol–water partition coefficient (Wildman–Crippen LogP) is 5.71. The van der Waals surface area contributed by atoms with Crippen LogP contribution in [0.1, 0.15) is 16.1 Å². The number of nitrogens with one attached hydrogen (secondary N) is 2. The molecule has 4 rings (SSSR count). The summed E-state index contributed by atoms with van der Waals surface area (Å²) in [5, 5.41) is 8.79. The van der Waals surface area contributed by atoms with Gasteiger partial charge in [0.15, 0.2) is 10.3 Å². The maximum atomic E-state index is 13.8. The second-order valence-corrected chi connectivity index (χ2v) is 7.75. The maximum absolute atomic E-state index is 13.8. The first kappa shape index (κ1) is 18.3. The zero-order valence-corrected chi connectivity index (χ0v) is 16.4. The topological polar surface area (TPSA) is 66.9 Å². The summed E-state index contributed by atoms with van der Waals surface area (Å²) in [5.74, 6) is -0.541. The molecule has 2 N–H and O–H groups in total. The molecule has 0 spiro atoms. The summed E-state index contributed by atoms with van der Waals surface area (Å²) in [6.45, 7) is 1.87. The minimum atomic E-state index is -0.334. The number of halogens is 1. The van der Waals surface area contributed by atoms with Gasteiger partial charge in [0.1, 0.15) is 5.82 Å². The third-order valence-electron chi connectivity index (χ3n) is 3.91. The first-order valence-corrected chi connectivity index (χ1v) is 10.1. The van der Waals surface area contributed by atoms with E-state index in [0.717, 1.165) is 16.3 Å². The van der Waals surface area contributed by atoms with Gasteiger partial charge in [-0.05, 0) is 31.2 Å². The number of amides is 1. The molecule has 0 fully saturated rings. The van der Waals surface area contributed by atoms with E-state index in [-0.39, 0.29) is 11.7 Å². The van der Waals surface area contributed by atoms with Crippen LogP contribution in [0.15, 0.2) is 60.0 Å². The van der Waals surface area contributed by atoms with Crippen molar-refractivity contribution in [2.24, 2.45) is 0 Å². The Hall–Kier alpha value is -3.10. The van der Waals surface area contributed by atoms with Gasteiger partial charge < -0.3 is 5.32 Å². The van der Waals surface area contributed by atoms with Crippen LogP contribution in [0, 0.1) is 12.7 Å². The van der Waals surface area contributed by atoms with Gasteiger partial charge in [0.2, 0.25) is 0 Å². The zero-order chi connectivity index (χ0) is 19.5. The number of nitrogens with zero attached hydrogens (tertiary/aromatic N) is 2. The number of benzene rings is 2. The summed E-state index contributed by atoms with van der Waals surface area (Å²) in [4.78, 5) is 22.1. The van der Waals surface area contributed by atoms with Crippen molar-refractivity contribution in [1.82, 2.24) is 9.97 Å². The molecule has 0 saturated heterocycles. The molecule has 2 aromatic heterocycles. The van der Waals surface area contributed by atoms with Gasteiger partial charge in [-0.15, -0.1) is 11.3 Å². The Labute approximate surface area is 168 Å². The summed E-state index contributed by atoms with van der Waals surface area (Å²) < 4.78 is 13.8. The third-order valence-corrected chi connectivity index (χ3v) is 5.76. The number of thiazole rings is 2. The molecule has 2 aromatic carbocycles. The van der Waals surface area contributed by atoms with Crippen LogP contribution in [0.25, 0.3) is 10.6 Å². The highest BCUT2D eigenvalue weighted by molar-refractivity contribution is 7.20. The molecule has 1 amide bonds. The van der Waals surface area contributed by atoms with Crippen LogP contribution >= 0.6 is 22.7 Å². The van der Waals surface area contributed by atoms with Crippen LogP contribution < -0.4 is 10.6 Å². The van der Waals surface area contributed by atoms with Crippen molar-refractivity contribution >= 4 is 44.5 Å². The van der Waals surface area contributed by atoms with E-state index >= 15 is 0 Å². The van der Waals surface area contributed by atoms with Gasteiger partial charge in [-0.3, -0.25) is 10.1 Å². The second kappa shape index (κ2) is 7.87. The molecule has 0 unspecified atom stereocenters. The summed E-state index contributed by atoms with van der Waals surface area (Å²) >= 11 is 2.74. The van der Waals surface area contributed by atoms with Crippen molar-refractivity contribution < 1.29 is 9.18 Å². The Bertz CT molecular complexity index is 1120. The van der Waals surface area contributed by atoms with E-state index < -0.39 is 0 Å². The van der Waals surface area contributed by atoms with E-state index in [1.807, 2.05) is 30.5 Å². The summed E-state index contributed by atoms with van der Waals surface area (Å²) in [7, 11) is 0. The van der Waals surface area contributed by atoms with E-state index in [2.05, 4.69) is 20.6 Å². The van der Waals surface area contributed by atoms with Crippen molar-refractivity contribution in [2.45, 2.75) is 6.92 Å². The van der Waals surface area contributed by atoms with Gasteiger partial charge in [-0.25, -0.2) is 14.4 Å². The number of carbonyl (C=O) groups is 1. The Morgan fingerprint density at radius 1 is 1.00 bits per heavy atom. The fraction of sp³-hybridized carbons (Fsp3) is 0.0500. The van der Waals surface area contributed by atoms with E-state index in [1.54, 1.807) is 30.3 Å². The number of carbonyl (C=O) groups excluding carboxylic acids is 1. The third kappa shape index (κ3) is 3.92. The molecule has 0 radical (unpaired) electrons. The molecule has 8 heteroatoms. The molecule has 0 aliphatic heterocycles. The average Bonchev–Trinajstić information content (AvgIpc) is 3.30. The molecule has 4 aromatic rings. The predicted molar refractivity (Wildman–Crippen MR) is 112 cm³/mol. The van der Waals surface area contributed by atoms with Crippen LogP contribution in [-0.4, -0.2) is 15.9 Å². The molecule has 140 valence electrons. The van der Waals surface area contributed by atoms with E-state index in [9.17, 15) is 9.18 Å². The van der Waals surface area contributed by atoms with Crippen LogP contribution in [0.5, 0.6) is 0 Å². The second-order valence-electron chi connectivity index (χ2n) is 5.90. The van der Waals surface area contributed by atoms with Gasteiger partial charge >= 0.3 is 0 Å². The van der Waals surface area contributed by atoms with Crippen LogP contribution in [-0.2, 0) is 0 Å². The first-order chi connectivity index (χ1) is 13.6. The number of para-hydroxylation sites is 1. The molecule has 0 aliphatic rings. The van der Waals surface area contributed by atoms with Crippen molar-refractivity contribution in [2.75, 3.05) is 10.6 Å². The summed E-state index contributed by atoms with van der Waals surface area (Å²) in [6.07, 6.45) is 0. The van der Waals surface area contributed by atoms with Crippen LogP contribution in [0.4, 0.5) is 20.3 Å². The molecular weight excluding hydrogens is 395 g/mol. The quantitative estimate of drug-likeness (QED) is 0.442. The largest absolute Gasteiger partial charge is 0.329 e. The lowest BCUT2D eigenvalue weighted by atomic mass is 10.2. The summed E-state index contributed by atoms with van der Waals surface area (Å²) in [6, 6.07) is 15.4. The van der Waals surface area contributed by atoms with Gasteiger partial charge in [0, 0.05) is 10.9 Å². The van der Waals surface area contributed by atoms with Gasteiger partial charge in [-0.2, -0.15) is 0 Å². The lowest BCUT2D eigenvalue weighted by Crippen LogP contribution is -2.11. The highest BCUT2D eigenvalue weighted by Gasteiger charge is 2.16. The minimum Gasteiger partial charge on any atom is -0.329 e. The molecule has 0 atom stereocenters. The Morgan fingerprint density at radius 3 is 2.54 bits per heavy atom. The molecule has 0 saturated carbocycles. The van der Waals surface area contributed by atoms with Crippen molar-refractivity contribution in [3.8, 4) is 10.6 Å². The Kier molecular flexibility index (Phi) is 5.14. The van der Waals surface area contributed by atoms with Crippen molar-refractivity contribution in [3.63, 3.8) is 0 Å². The number of hydrogen-bond acceptors (Lipinski definition) is 6. The highest BCUT2D eigenvalue weighted by Crippen LogP contribution is 2.35. The Morgan fingerprint density at radius 2 is 1.75 bits per heavy atom. The molecule has 5 nitrogen and oxygen atoms in total. The smallest absolute Gasteiger partial charge is 0.257 e. The van der Waals surface area contributed by atoms with E-state index in [4.69, 9.17) is 0 Å². The highest BCUT2D eigenvalue weighted by atomic mass is 32.1. The summed E-state index contributed by atoms with van der Waals surface area (Å²) in [5.41, 5.74) is 2.46. The lowest BCUT2D eigenvalue weighted by molar-refractivity contribution is 0.102. The molecule has 28 heavy (non-hydrogen) atoms. The van der Waals surface area contributed by atoms with Gasteiger partial charge in [-0.1, -0.05) is 41.7 Å².